The molecule has 1 heterocycles. The smallest absolute Gasteiger partial charge is 0.287 e. The highest BCUT2D eigenvalue weighted by Crippen LogP contribution is 2.19. The molecule has 0 radical (unpaired) electrons. The SMILES string of the molecule is Cc1ccc(CN(Cc2ccc(C(=O)NC3CCCCC3)o2)C(C)C)cc1. The lowest BCUT2D eigenvalue weighted by molar-refractivity contribution is 0.0894. The molecule has 0 bridgehead atoms. The normalized spacial score (nSPS) is 15.4. The lowest BCUT2D eigenvalue weighted by Crippen LogP contribution is -2.36. The van der Waals surface area contributed by atoms with E-state index in [1.807, 2.05) is 6.07 Å². The molecule has 27 heavy (non-hydrogen) atoms. The molecule has 1 fully saturated rings. The third-order valence-electron chi connectivity index (χ3n) is 5.42. The number of amides is 1. The third kappa shape index (κ3) is 5.70. The Hall–Kier alpha value is -2.07. The first-order valence-electron chi connectivity index (χ1n) is 10.2. The predicted octanol–water partition coefficient (Wildman–Crippen LogP) is 5.06. The van der Waals surface area contributed by atoms with E-state index >= 15 is 0 Å². The highest BCUT2D eigenvalue weighted by atomic mass is 16.4. The first-order chi connectivity index (χ1) is 13.0. The van der Waals surface area contributed by atoms with Gasteiger partial charge >= 0.3 is 0 Å². The average Bonchev–Trinajstić information content (AvgIpc) is 3.12. The van der Waals surface area contributed by atoms with Crippen molar-refractivity contribution < 1.29 is 9.21 Å². The second-order valence-corrected chi connectivity index (χ2v) is 8.06. The number of hydrogen-bond acceptors (Lipinski definition) is 3. The Morgan fingerprint density at radius 3 is 2.44 bits per heavy atom. The van der Waals surface area contributed by atoms with Gasteiger partial charge in [0.2, 0.25) is 0 Å². The van der Waals surface area contributed by atoms with E-state index in [9.17, 15) is 4.79 Å². The summed E-state index contributed by atoms with van der Waals surface area (Å²) in [4.78, 5) is 14.8. The molecule has 1 N–H and O–H groups in total. The Bertz CT molecular complexity index is 727. The highest BCUT2D eigenvalue weighted by Gasteiger charge is 2.20. The molecule has 3 rings (SSSR count). The van der Waals surface area contributed by atoms with Crippen molar-refractivity contribution in [1.82, 2.24) is 10.2 Å². The maximum Gasteiger partial charge on any atom is 0.287 e. The number of hydrogen-bond donors (Lipinski definition) is 1. The summed E-state index contributed by atoms with van der Waals surface area (Å²) < 4.78 is 5.87. The lowest BCUT2D eigenvalue weighted by atomic mass is 9.95. The van der Waals surface area contributed by atoms with Crippen LogP contribution in [0.15, 0.2) is 40.8 Å². The van der Waals surface area contributed by atoms with Gasteiger partial charge in [-0.1, -0.05) is 49.1 Å². The number of furan rings is 1. The van der Waals surface area contributed by atoms with Gasteiger partial charge in [0.25, 0.3) is 5.91 Å². The fraction of sp³-hybridized carbons (Fsp3) is 0.522. The summed E-state index contributed by atoms with van der Waals surface area (Å²) in [5.74, 6) is 1.18. The molecule has 0 aliphatic heterocycles. The number of aryl methyl sites for hydroxylation is 1. The number of benzene rings is 1. The van der Waals surface area contributed by atoms with Gasteiger partial charge in [-0.2, -0.15) is 0 Å². The molecule has 1 aliphatic carbocycles. The topological polar surface area (TPSA) is 45.5 Å². The van der Waals surface area contributed by atoms with Crippen LogP contribution in [-0.4, -0.2) is 22.9 Å². The summed E-state index contributed by atoms with van der Waals surface area (Å²) in [5, 5.41) is 3.12. The van der Waals surface area contributed by atoms with Gasteiger partial charge in [-0.05, 0) is 51.3 Å². The van der Waals surface area contributed by atoms with Gasteiger partial charge in [-0.25, -0.2) is 0 Å². The van der Waals surface area contributed by atoms with E-state index in [4.69, 9.17) is 4.42 Å². The first kappa shape index (κ1) is 19.7. The molecular formula is C23H32N2O2. The van der Waals surface area contributed by atoms with Crippen molar-refractivity contribution in [1.29, 1.82) is 0 Å². The number of nitrogens with zero attached hydrogens (tertiary/aromatic N) is 1. The molecule has 146 valence electrons. The van der Waals surface area contributed by atoms with Crippen LogP contribution in [0.2, 0.25) is 0 Å². The van der Waals surface area contributed by atoms with Crippen LogP contribution in [0.25, 0.3) is 0 Å². The van der Waals surface area contributed by atoms with Crippen molar-refractivity contribution in [3.63, 3.8) is 0 Å². The molecule has 1 aromatic heterocycles. The molecule has 0 atom stereocenters. The van der Waals surface area contributed by atoms with Gasteiger partial charge in [0.05, 0.1) is 6.54 Å². The Morgan fingerprint density at radius 1 is 1.07 bits per heavy atom. The van der Waals surface area contributed by atoms with E-state index < -0.39 is 0 Å². The Balaban J connectivity index is 1.59. The summed E-state index contributed by atoms with van der Waals surface area (Å²) in [6.45, 7) is 8.04. The van der Waals surface area contributed by atoms with Crippen LogP contribution in [0.3, 0.4) is 0 Å². The van der Waals surface area contributed by atoms with Crippen LogP contribution in [0.4, 0.5) is 0 Å². The van der Waals surface area contributed by atoms with E-state index in [1.165, 1.54) is 30.4 Å². The molecule has 1 aliphatic rings. The number of carbonyl (C=O) groups excluding carboxylic acids is 1. The monoisotopic (exact) mass is 368 g/mol. The molecular weight excluding hydrogens is 336 g/mol. The Morgan fingerprint density at radius 2 is 1.78 bits per heavy atom. The molecule has 4 heteroatoms. The minimum atomic E-state index is -0.0808. The van der Waals surface area contributed by atoms with Gasteiger partial charge in [0.1, 0.15) is 5.76 Å². The molecule has 0 unspecified atom stereocenters. The minimum Gasteiger partial charge on any atom is -0.455 e. The maximum absolute atomic E-state index is 12.5. The first-order valence-corrected chi connectivity index (χ1v) is 10.2. The van der Waals surface area contributed by atoms with E-state index in [2.05, 4.69) is 55.3 Å². The predicted molar refractivity (Wildman–Crippen MR) is 109 cm³/mol. The van der Waals surface area contributed by atoms with E-state index in [1.54, 1.807) is 6.07 Å². The minimum absolute atomic E-state index is 0.0808. The molecule has 0 saturated heterocycles. The van der Waals surface area contributed by atoms with Crippen LogP contribution in [0.5, 0.6) is 0 Å². The summed E-state index contributed by atoms with van der Waals surface area (Å²) in [6.07, 6.45) is 5.85. The third-order valence-corrected chi connectivity index (χ3v) is 5.42. The number of nitrogens with one attached hydrogen (secondary N) is 1. The Labute approximate surface area is 162 Å². The van der Waals surface area contributed by atoms with Gasteiger partial charge < -0.3 is 9.73 Å². The van der Waals surface area contributed by atoms with Crippen LogP contribution in [0, 0.1) is 6.92 Å². The van der Waals surface area contributed by atoms with Crippen molar-refractivity contribution >= 4 is 5.91 Å². The second-order valence-electron chi connectivity index (χ2n) is 8.06. The highest BCUT2D eigenvalue weighted by molar-refractivity contribution is 5.91. The summed E-state index contributed by atoms with van der Waals surface area (Å²) in [5.41, 5.74) is 2.56. The van der Waals surface area contributed by atoms with Crippen LogP contribution in [-0.2, 0) is 13.1 Å². The molecule has 2 aromatic rings. The van der Waals surface area contributed by atoms with E-state index in [-0.39, 0.29) is 5.91 Å². The second kappa shape index (κ2) is 9.23. The largest absolute Gasteiger partial charge is 0.455 e. The summed E-state index contributed by atoms with van der Waals surface area (Å²) in [6, 6.07) is 13.1. The van der Waals surface area contributed by atoms with Crippen molar-refractivity contribution in [2.75, 3.05) is 0 Å². The van der Waals surface area contributed by atoms with Gasteiger partial charge in [0, 0.05) is 18.6 Å². The van der Waals surface area contributed by atoms with Crippen molar-refractivity contribution in [2.24, 2.45) is 0 Å². The van der Waals surface area contributed by atoms with Crippen LogP contribution < -0.4 is 5.32 Å². The quantitative estimate of drug-likeness (QED) is 0.743. The fourth-order valence-corrected chi connectivity index (χ4v) is 3.64. The fourth-order valence-electron chi connectivity index (χ4n) is 3.64. The van der Waals surface area contributed by atoms with Gasteiger partial charge in [-0.3, -0.25) is 9.69 Å². The zero-order valence-corrected chi connectivity index (χ0v) is 16.8. The van der Waals surface area contributed by atoms with Gasteiger partial charge in [-0.15, -0.1) is 0 Å². The standard InChI is InChI=1S/C23H32N2O2/c1-17(2)25(15-19-11-9-18(3)10-12-19)16-21-13-14-22(27-21)23(26)24-20-7-5-4-6-8-20/h9-14,17,20H,4-8,15-16H2,1-3H3,(H,24,26). The average molecular weight is 369 g/mol. The molecule has 1 saturated carbocycles. The number of rotatable bonds is 7. The summed E-state index contributed by atoms with van der Waals surface area (Å²) in [7, 11) is 0. The molecule has 4 nitrogen and oxygen atoms in total. The van der Waals surface area contributed by atoms with Gasteiger partial charge in [0.15, 0.2) is 5.76 Å². The molecule has 1 aromatic carbocycles. The van der Waals surface area contributed by atoms with E-state index in [0.29, 0.717) is 24.4 Å². The van der Waals surface area contributed by atoms with E-state index in [0.717, 1.165) is 25.1 Å². The lowest BCUT2D eigenvalue weighted by Gasteiger charge is -2.25. The van der Waals surface area contributed by atoms with Crippen molar-refractivity contribution in [3.8, 4) is 0 Å². The van der Waals surface area contributed by atoms with Crippen LogP contribution in [0.1, 0.15) is 73.4 Å². The van der Waals surface area contributed by atoms with Crippen molar-refractivity contribution in [3.05, 3.63) is 59.0 Å². The molecule has 1 amide bonds. The molecule has 0 spiro atoms. The van der Waals surface area contributed by atoms with Crippen molar-refractivity contribution in [2.45, 2.75) is 78.0 Å². The number of carbonyl (C=O) groups is 1. The zero-order valence-electron chi connectivity index (χ0n) is 16.8. The summed E-state index contributed by atoms with van der Waals surface area (Å²) >= 11 is 0. The zero-order chi connectivity index (χ0) is 19.2. The van der Waals surface area contributed by atoms with Crippen LogP contribution >= 0.6 is 0 Å². The Kier molecular flexibility index (Phi) is 6.73. The maximum atomic E-state index is 12.5.